The summed E-state index contributed by atoms with van der Waals surface area (Å²) in [4.78, 5) is 16.0. The molecular weight excluding hydrogens is 314 g/mol. The maximum atomic E-state index is 12.9. The van der Waals surface area contributed by atoms with Crippen LogP contribution in [0.3, 0.4) is 0 Å². The molecule has 21 heavy (non-hydrogen) atoms. The Morgan fingerprint density at radius 1 is 1.38 bits per heavy atom. The van der Waals surface area contributed by atoms with Crippen molar-refractivity contribution in [1.29, 1.82) is 0 Å². The fourth-order valence-corrected chi connectivity index (χ4v) is 2.12. The number of amides is 1. The lowest BCUT2D eigenvalue weighted by molar-refractivity contribution is 0.0953. The molecule has 3 nitrogen and oxygen atoms in total. The number of hydrogen-bond donors (Lipinski definition) is 1. The third-order valence-electron chi connectivity index (χ3n) is 2.95. The standard InChI is InChI=1S/C15H14ClFN2O.ClH/c1-10-13(3-2-7-18-10)15(20)19-8-6-11-4-5-12(17)9-14(11)16;/h2-5,7,9H,6,8H2,1H3,(H,19,20);1H. The molecule has 0 saturated heterocycles. The number of benzene rings is 1. The van der Waals surface area contributed by atoms with E-state index in [1.807, 2.05) is 0 Å². The SMILES string of the molecule is Cc1ncccc1C(=O)NCCc1ccc(F)cc1Cl.Cl. The average Bonchev–Trinajstić information content (AvgIpc) is 2.41. The maximum absolute atomic E-state index is 12.9. The Hall–Kier alpha value is -1.65. The van der Waals surface area contributed by atoms with E-state index in [1.165, 1.54) is 12.1 Å². The zero-order valence-corrected chi connectivity index (χ0v) is 13.0. The third kappa shape index (κ3) is 4.69. The highest BCUT2D eigenvalue weighted by atomic mass is 35.5. The molecule has 0 bridgehead atoms. The summed E-state index contributed by atoms with van der Waals surface area (Å²) in [6.45, 7) is 2.21. The number of aryl methyl sites for hydroxylation is 1. The molecule has 0 atom stereocenters. The minimum atomic E-state index is -0.367. The molecule has 0 unspecified atom stereocenters. The normalized spacial score (nSPS) is 9.86. The molecule has 1 amide bonds. The van der Waals surface area contributed by atoms with Crippen LogP contribution in [0, 0.1) is 12.7 Å². The minimum absolute atomic E-state index is 0. The summed E-state index contributed by atoms with van der Waals surface area (Å²) in [5.41, 5.74) is 2.04. The maximum Gasteiger partial charge on any atom is 0.253 e. The van der Waals surface area contributed by atoms with Crippen molar-refractivity contribution in [2.75, 3.05) is 6.54 Å². The molecular formula is C15H15Cl2FN2O. The van der Waals surface area contributed by atoms with Crippen LogP contribution in [-0.4, -0.2) is 17.4 Å². The molecule has 0 aliphatic carbocycles. The number of carbonyl (C=O) groups is 1. The Labute approximate surface area is 134 Å². The Kier molecular flexibility index (Phi) is 6.59. The van der Waals surface area contributed by atoms with Gasteiger partial charge in [-0.25, -0.2) is 4.39 Å². The number of aromatic nitrogens is 1. The number of halogens is 3. The van der Waals surface area contributed by atoms with Crippen LogP contribution < -0.4 is 5.32 Å². The number of carbonyl (C=O) groups excluding carboxylic acids is 1. The first-order valence-corrected chi connectivity index (χ1v) is 6.59. The van der Waals surface area contributed by atoms with Crippen LogP contribution in [-0.2, 0) is 6.42 Å². The first-order chi connectivity index (χ1) is 9.58. The second-order valence-corrected chi connectivity index (χ2v) is 4.79. The predicted octanol–water partition coefficient (Wildman–Crippen LogP) is 3.58. The van der Waals surface area contributed by atoms with E-state index in [9.17, 15) is 9.18 Å². The topological polar surface area (TPSA) is 42.0 Å². The fraction of sp³-hybridized carbons (Fsp3) is 0.200. The summed E-state index contributed by atoms with van der Waals surface area (Å²) in [5.74, 6) is -0.539. The monoisotopic (exact) mass is 328 g/mol. The lowest BCUT2D eigenvalue weighted by atomic mass is 10.1. The molecule has 1 N–H and O–H groups in total. The molecule has 0 saturated carbocycles. The summed E-state index contributed by atoms with van der Waals surface area (Å²) < 4.78 is 12.9. The summed E-state index contributed by atoms with van der Waals surface area (Å²) in [6.07, 6.45) is 2.19. The van der Waals surface area contributed by atoms with Gasteiger partial charge in [-0.15, -0.1) is 12.4 Å². The molecule has 0 radical (unpaired) electrons. The van der Waals surface area contributed by atoms with Crippen molar-refractivity contribution < 1.29 is 9.18 Å². The van der Waals surface area contributed by atoms with Crippen molar-refractivity contribution in [3.05, 3.63) is 64.2 Å². The molecule has 0 fully saturated rings. The van der Waals surface area contributed by atoms with Crippen LogP contribution in [0.15, 0.2) is 36.5 Å². The summed E-state index contributed by atoms with van der Waals surface area (Å²) in [7, 11) is 0. The Morgan fingerprint density at radius 3 is 2.81 bits per heavy atom. The summed E-state index contributed by atoms with van der Waals surface area (Å²) >= 11 is 5.92. The van der Waals surface area contributed by atoms with Gasteiger partial charge in [-0.05, 0) is 43.2 Å². The van der Waals surface area contributed by atoms with Crippen molar-refractivity contribution in [3.63, 3.8) is 0 Å². The largest absolute Gasteiger partial charge is 0.352 e. The van der Waals surface area contributed by atoms with Crippen LogP contribution in [0.1, 0.15) is 21.6 Å². The highest BCUT2D eigenvalue weighted by molar-refractivity contribution is 6.31. The highest BCUT2D eigenvalue weighted by Crippen LogP contribution is 2.17. The molecule has 2 aromatic rings. The molecule has 1 aromatic heterocycles. The van der Waals surface area contributed by atoms with Gasteiger partial charge in [0.1, 0.15) is 5.82 Å². The van der Waals surface area contributed by atoms with Crippen LogP contribution in [0.2, 0.25) is 5.02 Å². The van der Waals surface area contributed by atoms with Crippen LogP contribution in [0.4, 0.5) is 4.39 Å². The van der Waals surface area contributed by atoms with Gasteiger partial charge >= 0.3 is 0 Å². The molecule has 0 spiro atoms. The summed E-state index contributed by atoms with van der Waals surface area (Å²) in [5, 5.41) is 3.17. The fourth-order valence-electron chi connectivity index (χ4n) is 1.85. The van der Waals surface area contributed by atoms with E-state index in [0.717, 1.165) is 5.56 Å². The van der Waals surface area contributed by atoms with E-state index in [2.05, 4.69) is 10.3 Å². The van der Waals surface area contributed by atoms with Crippen LogP contribution in [0.25, 0.3) is 0 Å². The molecule has 1 heterocycles. The lowest BCUT2D eigenvalue weighted by Gasteiger charge is -2.08. The van der Waals surface area contributed by atoms with E-state index in [-0.39, 0.29) is 24.1 Å². The third-order valence-corrected chi connectivity index (χ3v) is 3.30. The Morgan fingerprint density at radius 2 is 2.14 bits per heavy atom. The predicted molar refractivity (Wildman–Crippen MR) is 83.7 cm³/mol. The van der Waals surface area contributed by atoms with E-state index in [1.54, 1.807) is 31.3 Å². The number of nitrogens with zero attached hydrogens (tertiary/aromatic N) is 1. The van der Waals surface area contributed by atoms with Gasteiger partial charge in [0.05, 0.1) is 5.56 Å². The van der Waals surface area contributed by atoms with Crippen molar-refractivity contribution in [1.82, 2.24) is 10.3 Å². The van der Waals surface area contributed by atoms with Gasteiger partial charge in [-0.3, -0.25) is 9.78 Å². The number of hydrogen-bond acceptors (Lipinski definition) is 2. The second-order valence-electron chi connectivity index (χ2n) is 4.38. The highest BCUT2D eigenvalue weighted by Gasteiger charge is 2.09. The van der Waals surface area contributed by atoms with Crippen molar-refractivity contribution >= 4 is 29.9 Å². The van der Waals surface area contributed by atoms with E-state index in [4.69, 9.17) is 11.6 Å². The number of pyridine rings is 1. The first-order valence-electron chi connectivity index (χ1n) is 6.21. The van der Waals surface area contributed by atoms with Gasteiger partial charge in [0.2, 0.25) is 0 Å². The Bertz CT molecular complexity index is 635. The van der Waals surface area contributed by atoms with Gasteiger partial charge in [0, 0.05) is 23.5 Å². The molecule has 0 aliphatic heterocycles. The van der Waals surface area contributed by atoms with Crippen molar-refractivity contribution in [2.45, 2.75) is 13.3 Å². The van der Waals surface area contributed by atoms with E-state index < -0.39 is 0 Å². The van der Waals surface area contributed by atoms with Gasteiger partial charge < -0.3 is 5.32 Å². The lowest BCUT2D eigenvalue weighted by Crippen LogP contribution is -2.26. The molecule has 112 valence electrons. The number of nitrogens with one attached hydrogen (secondary N) is 1. The molecule has 0 aliphatic rings. The van der Waals surface area contributed by atoms with Crippen LogP contribution in [0.5, 0.6) is 0 Å². The smallest absolute Gasteiger partial charge is 0.253 e. The quantitative estimate of drug-likeness (QED) is 0.932. The zero-order valence-electron chi connectivity index (χ0n) is 11.4. The molecule has 2 rings (SSSR count). The molecule has 1 aromatic carbocycles. The second kappa shape index (κ2) is 7.96. The average molecular weight is 329 g/mol. The zero-order chi connectivity index (χ0) is 14.5. The number of rotatable bonds is 4. The first kappa shape index (κ1) is 17.4. The van der Waals surface area contributed by atoms with E-state index in [0.29, 0.717) is 29.2 Å². The van der Waals surface area contributed by atoms with Crippen LogP contribution >= 0.6 is 24.0 Å². The van der Waals surface area contributed by atoms with Gasteiger partial charge in [-0.1, -0.05) is 17.7 Å². The van der Waals surface area contributed by atoms with Gasteiger partial charge in [-0.2, -0.15) is 0 Å². The van der Waals surface area contributed by atoms with Gasteiger partial charge in [0.25, 0.3) is 5.91 Å². The minimum Gasteiger partial charge on any atom is -0.352 e. The molecule has 6 heteroatoms. The van der Waals surface area contributed by atoms with Crippen molar-refractivity contribution in [2.24, 2.45) is 0 Å². The van der Waals surface area contributed by atoms with Gasteiger partial charge in [0.15, 0.2) is 0 Å². The summed E-state index contributed by atoms with van der Waals surface area (Å²) in [6, 6.07) is 7.69. The van der Waals surface area contributed by atoms with Crippen molar-refractivity contribution in [3.8, 4) is 0 Å². The Balaban J connectivity index is 0.00000220. The van der Waals surface area contributed by atoms with E-state index >= 15 is 0 Å².